The summed E-state index contributed by atoms with van der Waals surface area (Å²) in [6, 6.07) is 4.86. The summed E-state index contributed by atoms with van der Waals surface area (Å²) in [6.45, 7) is 0. The Morgan fingerprint density at radius 1 is 1.55 bits per heavy atom. The molecular weight excluding hydrogens is 143 g/mol. The lowest BCUT2D eigenvalue weighted by atomic mass is 10.3. The molecule has 0 amide bonds. The molecule has 0 N–H and O–H groups in total. The zero-order chi connectivity index (χ0) is 7.84. The molecule has 2 aromatic rings. The molecule has 0 saturated heterocycles. The van der Waals surface area contributed by atoms with Gasteiger partial charge in [0.05, 0.1) is 5.52 Å². The number of benzene rings is 1. The number of imidazole rings is 1. The molecule has 1 aromatic carbocycles. The van der Waals surface area contributed by atoms with Crippen LogP contribution in [0.3, 0.4) is 0 Å². The van der Waals surface area contributed by atoms with Gasteiger partial charge in [0, 0.05) is 7.05 Å². The summed E-state index contributed by atoms with van der Waals surface area (Å²) in [7, 11) is 1.79. The van der Waals surface area contributed by atoms with E-state index in [1.54, 1.807) is 17.7 Å². The van der Waals surface area contributed by atoms with E-state index in [2.05, 4.69) is 11.3 Å². The van der Waals surface area contributed by atoms with Crippen molar-refractivity contribution in [3.05, 3.63) is 30.3 Å². The quantitative estimate of drug-likeness (QED) is 0.555. The average molecular weight is 149 g/mol. The SMILES string of the molecule is Cn1[c]nc2c(F)cccc21. The first kappa shape index (κ1) is 6.34. The third kappa shape index (κ3) is 0.808. The maximum atomic E-state index is 12.9. The van der Waals surface area contributed by atoms with Gasteiger partial charge in [-0.1, -0.05) is 6.07 Å². The zero-order valence-electron chi connectivity index (χ0n) is 6.00. The van der Waals surface area contributed by atoms with Crippen LogP contribution in [-0.2, 0) is 7.05 Å². The summed E-state index contributed by atoms with van der Waals surface area (Å²) >= 11 is 0. The molecule has 0 aliphatic heterocycles. The molecular formula is C8H6FN2. The monoisotopic (exact) mass is 149 g/mol. The molecule has 3 heteroatoms. The number of fused-ring (bicyclic) bond motifs is 1. The first-order valence-electron chi connectivity index (χ1n) is 3.27. The summed E-state index contributed by atoms with van der Waals surface area (Å²) in [5.74, 6) is -0.292. The summed E-state index contributed by atoms with van der Waals surface area (Å²) in [5.41, 5.74) is 1.15. The second-order valence-corrected chi connectivity index (χ2v) is 2.38. The number of rotatable bonds is 0. The molecule has 0 aliphatic rings. The number of halogens is 1. The lowest BCUT2D eigenvalue weighted by molar-refractivity contribution is 0.637. The van der Waals surface area contributed by atoms with Crippen molar-refractivity contribution in [2.45, 2.75) is 0 Å². The molecule has 0 aliphatic carbocycles. The van der Waals surface area contributed by atoms with Crippen molar-refractivity contribution < 1.29 is 4.39 Å². The average Bonchev–Trinajstić information content (AvgIpc) is 2.35. The highest BCUT2D eigenvalue weighted by Crippen LogP contribution is 2.13. The van der Waals surface area contributed by atoms with Crippen LogP contribution in [0.25, 0.3) is 11.0 Å². The van der Waals surface area contributed by atoms with Gasteiger partial charge in [-0.05, 0) is 12.1 Å². The molecule has 2 rings (SSSR count). The van der Waals surface area contributed by atoms with Crippen molar-refractivity contribution in [1.29, 1.82) is 0 Å². The lowest BCUT2D eigenvalue weighted by Crippen LogP contribution is -1.84. The van der Waals surface area contributed by atoms with Gasteiger partial charge in [0.25, 0.3) is 0 Å². The van der Waals surface area contributed by atoms with E-state index < -0.39 is 0 Å². The van der Waals surface area contributed by atoms with Crippen molar-refractivity contribution in [3.8, 4) is 0 Å². The van der Waals surface area contributed by atoms with Crippen LogP contribution < -0.4 is 0 Å². The highest BCUT2D eigenvalue weighted by atomic mass is 19.1. The smallest absolute Gasteiger partial charge is 0.177 e. The normalized spacial score (nSPS) is 10.7. The Bertz CT molecular complexity index is 392. The third-order valence-electron chi connectivity index (χ3n) is 1.64. The van der Waals surface area contributed by atoms with Gasteiger partial charge in [0.1, 0.15) is 5.52 Å². The van der Waals surface area contributed by atoms with E-state index in [1.807, 2.05) is 6.07 Å². The van der Waals surface area contributed by atoms with E-state index in [4.69, 9.17) is 0 Å². The van der Waals surface area contributed by atoms with Crippen LogP contribution in [0.15, 0.2) is 18.2 Å². The van der Waals surface area contributed by atoms with Crippen LogP contribution in [0.2, 0.25) is 0 Å². The molecule has 55 valence electrons. The molecule has 0 atom stereocenters. The van der Waals surface area contributed by atoms with E-state index in [1.165, 1.54) is 6.07 Å². The van der Waals surface area contributed by atoms with E-state index >= 15 is 0 Å². The van der Waals surface area contributed by atoms with Crippen molar-refractivity contribution in [3.63, 3.8) is 0 Å². The fraction of sp³-hybridized carbons (Fsp3) is 0.125. The fourth-order valence-electron chi connectivity index (χ4n) is 1.06. The van der Waals surface area contributed by atoms with Crippen LogP contribution in [-0.4, -0.2) is 9.55 Å². The van der Waals surface area contributed by atoms with Gasteiger partial charge in [-0.15, -0.1) is 0 Å². The molecule has 0 fully saturated rings. The Balaban J connectivity index is 2.94. The minimum Gasteiger partial charge on any atom is -0.324 e. The summed E-state index contributed by atoms with van der Waals surface area (Å²) in [5, 5.41) is 0. The van der Waals surface area contributed by atoms with Crippen LogP contribution >= 0.6 is 0 Å². The summed E-state index contributed by atoms with van der Waals surface area (Å²) in [4.78, 5) is 3.78. The minimum absolute atomic E-state index is 0.292. The number of hydrogen-bond donors (Lipinski definition) is 0. The maximum Gasteiger partial charge on any atom is 0.177 e. The summed E-state index contributed by atoms with van der Waals surface area (Å²) in [6.07, 6.45) is 2.64. The van der Waals surface area contributed by atoms with Crippen molar-refractivity contribution in [1.82, 2.24) is 9.55 Å². The van der Waals surface area contributed by atoms with Gasteiger partial charge >= 0.3 is 0 Å². The molecule has 2 nitrogen and oxygen atoms in total. The second-order valence-electron chi connectivity index (χ2n) is 2.38. The predicted octanol–water partition coefficient (Wildman–Crippen LogP) is 1.51. The van der Waals surface area contributed by atoms with Gasteiger partial charge in [-0.25, -0.2) is 9.37 Å². The molecule has 1 aromatic heterocycles. The lowest BCUT2D eigenvalue weighted by Gasteiger charge is -1.92. The molecule has 0 saturated carbocycles. The van der Waals surface area contributed by atoms with E-state index in [0.717, 1.165) is 5.52 Å². The largest absolute Gasteiger partial charge is 0.324 e. The highest BCUT2D eigenvalue weighted by molar-refractivity contribution is 5.75. The topological polar surface area (TPSA) is 17.8 Å². The Morgan fingerprint density at radius 2 is 2.36 bits per heavy atom. The van der Waals surface area contributed by atoms with Crippen molar-refractivity contribution in [2.24, 2.45) is 7.05 Å². The van der Waals surface area contributed by atoms with Gasteiger partial charge in [-0.2, -0.15) is 0 Å². The van der Waals surface area contributed by atoms with Crippen LogP contribution in [0.5, 0.6) is 0 Å². The second kappa shape index (κ2) is 2.05. The van der Waals surface area contributed by atoms with E-state index in [9.17, 15) is 4.39 Å². The Hall–Kier alpha value is -1.38. The molecule has 11 heavy (non-hydrogen) atoms. The first-order chi connectivity index (χ1) is 5.29. The van der Waals surface area contributed by atoms with Crippen LogP contribution in [0.1, 0.15) is 0 Å². The Morgan fingerprint density at radius 3 is 3.09 bits per heavy atom. The van der Waals surface area contributed by atoms with E-state index in [0.29, 0.717) is 5.52 Å². The molecule has 1 radical (unpaired) electrons. The molecule has 0 unspecified atom stereocenters. The van der Waals surface area contributed by atoms with Gasteiger partial charge in [-0.3, -0.25) is 0 Å². The molecule has 0 bridgehead atoms. The van der Waals surface area contributed by atoms with Crippen molar-refractivity contribution >= 4 is 11.0 Å². The van der Waals surface area contributed by atoms with Gasteiger partial charge in [0.2, 0.25) is 0 Å². The van der Waals surface area contributed by atoms with E-state index in [-0.39, 0.29) is 5.82 Å². The van der Waals surface area contributed by atoms with Crippen LogP contribution in [0.4, 0.5) is 4.39 Å². The van der Waals surface area contributed by atoms with Crippen molar-refractivity contribution in [2.75, 3.05) is 0 Å². The molecule has 1 heterocycles. The molecule has 0 spiro atoms. The standard InChI is InChI=1S/C8H6FN2/c1-11-5-10-8-6(9)3-2-4-7(8)11/h2-4H,1H3. The number of hydrogen-bond acceptors (Lipinski definition) is 1. The number of aromatic nitrogens is 2. The Labute approximate surface area is 63.3 Å². The third-order valence-corrected chi connectivity index (χ3v) is 1.64. The fourth-order valence-corrected chi connectivity index (χ4v) is 1.06. The minimum atomic E-state index is -0.292. The van der Waals surface area contributed by atoms with Gasteiger partial charge in [0.15, 0.2) is 12.1 Å². The number of aryl methyl sites for hydroxylation is 1. The van der Waals surface area contributed by atoms with Crippen LogP contribution in [0, 0.1) is 12.1 Å². The predicted molar refractivity (Wildman–Crippen MR) is 39.5 cm³/mol. The number of para-hydroxylation sites is 1. The summed E-state index contributed by atoms with van der Waals surface area (Å²) < 4.78 is 14.6. The number of nitrogens with zero attached hydrogens (tertiary/aromatic N) is 2. The maximum absolute atomic E-state index is 12.9. The highest BCUT2D eigenvalue weighted by Gasteiger charge is 2.03. The zero-order valence-corrected chi connectivity index (χ0v) is 6.00. The Kier molecular flexibility index (Phi) is 1.18. The first-order valence-corrected chi connectivity index (χ1v) is 3.27. The van der Waals surface area contributed by atoms with Gasteiger partial charge < -0.3 is 4.57 Å².